The summed E-state index contributed by atoms with van der Waals surface area (Å²) in [5, 5.41) is 0. The fourth-order valence-corrected chi connectivity index (χ4v) is 2.51. The zero-order valence-electron chi connectivity index (χ0n) is 12.6. The fourth-order valence-electron chi connectivity index (χ4n) is 2.51. The third kappa shape index (κ3) is 4.43. The molecule has 0 aromatic heterocycles. The molecule has 4 nitrogen and oxygen atoms in total. The molecule has 1 aromatic carbocycles. The Hall–Kier alpha value is -1.62. The molecular formula is C16H24FN3O. The number of carbonyl (C=O) groups is 1. The minimum Gasteiger partial charge on any atom is -0.362 e. The van der Waals surface area contributed by atoms with Crippen LogP contribution in [0.15, 0.2) is 24.3 Å². The van der Waals surface area contributed by atoms with Gasteiger partial charge in [0.1, 0.15) is 5.82 Å². The fraction of sp³-hybridized carbons (Fsp3) is 0.562. The smallest absolute Gasteiger partial charge is 0.242 e. The lowest BCUT2D eigenvalue weighted by Gasteiger charge is -2.28. The van der Waals surface area contributed by atoms with E-state index < -0.39 is 0 Å². The first kappa shape index (κ1) is 15.8. The van der Waals surface area contributed by atoms with Gasteiger partial charge in [0.25, 0.3) is 0 Å². The summed E-state index contributed by atoms with van der Waals surface area (Å²) in [7, 11) is 0. The van der Waals surface area contributed by atoms with Crippen LogP contribution in [-0.2, 0) is 4.79 Å². The molecule has 0 saturated heterocycles. The zero-order valence-corrected chi connectivity index (χ0v) is 12.6. The summed E-state index contributed by atoms with van der Waals surface area (Å²) >= 11 is 0. The number of hydrogen-bond acceptors (Lipinski definition) is 3. The monoisotopic (exact) mass is 293 g/mol. The van der Waals surface area contributed by atoms with E-state index >= 15 is 0 Å². The predicted octanol–water partition coefficient (Wildman–Crippen LogP) is 1.99. The van der Waals surface area contributed by atoms with Crippen LogP contribution in [0.5, 0.6) is 0 Å². The van der Waals surface area contributed by atoms with Gasteiger partial charge in [-0.15, -0.1) is 0 Å². The van der Waals surface area contributed by atoms with Crippen LogP contribution in [-0.4, -0.2) is 43.0 Å². The van der Waals surface area contributed by atoms with Gasteiger partial charge < -0.3 is 15.5 Å². The summed E-state index contributed by atoms with van der Waals surface area (Å²) in [5.41, 5.74) is 6.44. The SMILES string of the molecule is CCN(C(=O)CN(CCCN)c1ccc(F)cc1)C1CC1. The van der Waals surface area contributed by atoms with Crippen LogP contribution in [0.2, 0.25) is 0 Å². The Balaban J connectivity index is 2.04. The number of benzene rings is 1. The molecule has 0 atom stereocenters. The number of likely N-dealkylation sites (N-methyl/N-ethyl adjacent to an activating group) is 1. The molecule has 1 aliphatic rings. The van der Waals surface area contributed by atoms with Crippen molar-refractivity contribution in [1.82, 2.24) is 4.90 Å². The van der Waals surface area contributed by atoms with E-state index in [-0.39, 0.29) is 11.7 Å². The highest BCUT2D eigenvalue weighted by atomic mass is 19.1. The summed E-state index contributed by atoms with van der Waals surface area (Å²) in [4.78, 5) is 16.4. The van der Waals surface area contributed by atoms with Gasteiger partial charge >= 0.3 is 0 Å². The molecule has 1 saturated carbocycles. The second-order valence-corrected chi connectivity index (χ2v) is 5.45. The molecule has 0 spiro atoms. The number of nitrogens with two attached hydrogens (primary N) is 1. The molecule has 0 heterocycles. The van der Waals surface area contributed by atoms with Gasteiger partial charge in [0.15, 0.2) is 0 Å². The van der Waals surface area contributed by atoms with E-state index in [2.05, 4.69) is 0 Å². The third-order valence-corrected chi connectivity index (χ3v) is 3.80. The van der Waals surface area contributed by atoms with Gasteiger partial charge in [-0.2, -0.15) is 0 Å². The molecule has 21 heavy (non-hydrogen) atoms. The Labute approximate surface area is 125 Å². The van der Waals surface area contributed by atoms with E-state index in [1.165, 1.54) is 12.1 Å². The van der Waals surface area contributed by atoms with Gasteiger partial charge in [-0.3, -0.25) is 4.79 Å². The average Bonchev–Trinajstić information content (AvgIpc) is 3.30. The second-order valence-electron chi connectivity index (χ2n) is 5.45. The van der Waals surface area contributed by atoms with E-state index in [0.29, 0.717) is 25.7 Å². The molecule has 5 heteroatoms. The first-order chi connectivity index (χ1) is 10.2. The number of anilines is 1. The van der Waals surface area contributed by atoms with Crippen LogP contribution < -0.4 is 10.6 Å². The number of rotatable bonds is 8. The van der Waals surface area contributed by atoms with E-state index in [1.54, 1.807) is 12.1 Å². The molecule has 0 aliphatic heterocycles. The van der Waals surface area contributed by atoms with Crippen LogP contribution in [0.1, 0.15) is 26.2 Å². The van der Waals surface area contributed by atoms with Gasteiger partial charge in [-0.25, -0.2) is 4.39 Å². The molecule has 1 aliphatic carbocycles. The minimum absolute atomic E-state index is 0.140. The van der Waals surface area contributed by atoms with Crippen molar-refractivity contribution in [2.75, 3.05) is 31.1 Å². The Kier molecular flexibility index (Phi) is 5.56. The maximum Gasteiger partial charge on any atom is 0.242 e. The maximum atomic E-state index is 13.0. The number of amides is 1. The van der Waals surface area contributed by atoms with E-state index in [0.717, 1.165) is 31.5 Å². The lowest BCUT2D eigenvalue weighted by molar-refractivity contribution is -0.130. The highest BCUT2D eigenvalue weighted by molar-refractivity contribution is 5.82. The largest absolute Gasteiger partial charge is 0.362 e. The Morgan fingerprint density at radius 3 is 2.52 bits per heavy atom. The van der Waals surface area contributed by atoms with Gasteiger partial charge in [0, 0.05) is 24.8 Å². The van der Waals surface area contributed by atoms with Crippen LogP contribution in [0.25, 0.3) is 0 Å². The maximum absolute atomic E-state index is 13.0. The molecule has 1 fully saturated rings. The Morgan fingerprint density at radius 1 is 1.33 bits per heavy atom. The molecule has 1 amide bonds. The van der Waals surface area contributed by atoms with Crippen molar-refractivity contribution in [3.63, 3.8) is 0 Å². The van der Waals surface area contributed by atoms with Crippen LogP contribution in [0, 0.1) is 5.82 Å². The molecule has 0 radical (unpaired) electrons. The van der Waals surface area contributed by atoms with E-state index in [4.69, 9.17) is 5.73 Å². The molecule has 0 bridgehead atoms. The Bertz CT molecular complexity index is 459. The molecule has 0 unspecified atom stereocenters. The topological polar surface area (TPSA) is 49.6 Å². The van der Waals surface area contributed by atoms with Crippen molar-refractivity contribution in [1.29, 1.82) is 0 Å². The molecule has 1 aromatic rings. The molecule has 2 N–H and O–H groups in total. The normalized spacial score (nSPS) is 14.0. The molecule has 116 valence electrons. The minimum atomic E-state index is -0.267. The van der Waals surface area contributed by atoms with Crippen molar-refractivity contribution < 1.29 is 9.18 Å². The molecular weight excluding hydrogens is 269 g/mol. The quantitative estimate of drug-likeness (QED) is 0.797. The van der Waals surface area contributed by atoms with Crippen molar-refractivity contribution in [2.45, 2.75) is 32.2 Å². The first-order valence-corrected chi connectivity index (χ1v) is 7.65. The first-order valence-electron chi connectivity index (χ1n) is 7.65. The molecule has 2 rings (SSSR count). The number of hydrogen-bond donors (Lipinski definition) is 1. The highest BCUT2D eigenvalue weighted by Gasteiger charge is 2.31. The summed E-state index contributed by atoms with van der Waals surface area (Å²) in [6.45, 7) is 4.37. The summed E-state index contributed by atoms with van der Waals surface area (Å²) in [5.74, 6) is -0.127. The van der Waals surface area contributed by atoms with Gasteiger partial charge in [-0.05, 0) is 57.0 Å². The second kappa shape index (κ2) is 7.41. The predicted molar refractivity (Wildman–Crippen MR) is 82.7 cm³/mol. The van der Waals surface area contributed by atoms with E-state index in [9.17, 15) is 9.18 Å². The lowest BCUT2D eigenvalue weighted by atomic mass is 10.2. The summed E-state index contributed by atoms with van der Waals surface area (Å²) in [6, 6.07) is 6.70. The van der Waals surface area contributed by atoms with Crippen LogP contribution in [0.4, 0.5) is 10.1 Å². The Morgan fingerprint density at radius 2 is 2.00 bits per heavy atom. The van der Waals surface area contributed by atoms with Crippen LogP contribution in [0.3, 0.4) is 0 Å². The lowest BCUT2D eigenvalue weighted by Crippen LogP contribution is -2.42. The number of nitrogens with zero attached hydrogens (tertiary/aromatic N) is 2. The van der Waals surface area contributed by atoms with E-state index in [1.807, 2.05) is 16.7 Å². The van der Waals surface area contributed by atoms with Crippen molar-refractivity contribution in [3.05, 3.63) is 30.1 Å². The summed E-state index contributed by atoms with van der Waals surface area (Å²) in [6.07, 6.45) is 3.03. The van der Waals surface area contributed by atoms with Crippen molar-refractivity contribution in [2.24, 2.45) is 5.73 Å². The van der Waals surface area contributed by atoms with Crippen molar-refractivity contribution >= 4 is 11.6 Å². The van der Waals surface area contributed by atoms with Gasteiger partial charge in [-0.1, -0.05) is 0 Å². The standard InChI is InChI=1S/C16H24FN3O/c1-2-20(15-8-9-15)16(21)12-19(11-3-10-18)14-6-4-13(17)5-7-14/h4-7,15H,2-3,8-12,18H2,1H3. The summed E-state index contributed by atoms with van der Waals surface area (Å²) < 4.78 is 13.0. The van der Waals surface area contributed by atoms with Crippen LogP contribution >= 0.6 is 0 Å². The van der Waals surface area contributed by atoms with Crippen molar-refractivity contribution in [3.8, 4) is 0 Å². The van der Waals surface area contributed by atoms with Gasteiger partial charge in [0.2, 0.25) is 5.91 Å². The third-order valence-electron chi connectivity index (χ3n) is 3.80. The number of carbonyl (C=O) groups excluding carboxylic acids is 1. The van der Waals surface area contributed by atoms with Gasteiger partial charge in [0.05, 0.1) is 6.54 Å². The highest BCUT2D eigenvalue weighted by Crippen LogP contribution is 2.27. The average molecular weight is 293 g/mol. The number of halogens is 1. The zero-order chi connectivity index (χ0) is 15.2.